The van der Waals surface area contributed by atoms with E-state index in [0.29, 0.717) is 30.9 Å². The number of aromatic nitrogens is 2. The van der Waals surface area contributed by atoms with Crippen molar-refractivity contribution < 1.29 is 9.53 Å². The number of benzene rings is 1. The second-order valence-electron chi connectivity index (χ2n) is 7.02. The lowest BCUT2D eigenvalue weighted by Gasteiger charge is -2.17. The number of aromatic amines is 1. The molecule has 2 N–H and O–H groups in total. The molecular weight excluding hydrogens is 376 g/mol. The third kappa shape index (κ3) is 3.47. The molecule has 1 aliphatic heterocycles. The van der Waals surface area contributed by atoms with Crippen molar-refractivity contribution in [1.82, 2.24) is 14.9 Å². The Morgan fingerprint density at radius 1 is 1.36 bits per heavy atom. The smallest absolute Gasteiger partial charge is 0.410 e. The Balaban J connectivity index is 1.54. The fourth-order valence-electron chi connectivity index (χ4n) is 3.34. The molecule has 146 valence electrons. The highest BCUT2D eigenvalue weighted by Gasteiger charge is 2.22. The fraction of sp³-hybridized carbons (Fsp3) is 0.350. The minimum absolute atomic E-state index is 0.100. The largest absolute Gasteiger partial charge is 0.448 e. The minimum atomic E-state index is -0.275. The molecule has 2 aromatic heterocycles. The summed E-state index contributed by atoms with van der Waals surface area (Å²) in [6, 6.07) is 7.70. The molecule has 3 aromatic rings. The summed E-state index contributed by atoms with van der Waals surface area (Å²) < 4.78 is 4.98. The lowest BCUT2D eigenvalue weighted by Crippen LogP contribution is -2.23. The van der Waals surface area contributed by atoms with E-state index in [9.17, 15) is 9.59 Å². The van der Waals surface area contributed by atoms with Crippen LogP contribution in [0.5, 0.6) is 0 Å². The molecule has 1 aromatic carbocycles. The van der Waals surface area contributed by atoms with Crippen LogP contribution < -0.4 is 10.9 Å². The molecular formula is C20H22N4O3S. The van der Waals surface area contributed by atoms with Crippen LogP contribution in [-0.4, -0.2) is 34.1 Å². The Bertz CT molecular complexity index is 1100. The summed E-state index contributed by atoms with van der Waals surface area (Å²) in [5.74, 6) is 0.604. The highest BCUT2D eigenvalue weighted by Crippen LogP contribution is 2.27. The van der Waals surface area contributed by atoms with E-state index in [4.69, 9.17) is 4.74 Å². The number of H-pyrrole nitrogens is 1. The van der Waals surface area contributed by atoms with Gasteiger partial charge in [-0.15, -0.1) is 11.3 Å². The second kappa shape index (κ2) is 7.27. The molecule has 1 aliphatic rings. The van der Waals surface area contributed by atoms with Crippen molar-refractivity contribution in [2.45, 2.75) is 33.4 Å². The number of nitrogens with zero attached hydrogens (tertiary/aromatic N) is 2. The highest BCUT2D eigenvalue weighted by atomic mass is 32.1. The van der Waals surface area contributed by atoms with Gasteiger partial charge in [0.25, 0.3) is 5.56 Å². The van der Waals surface area contributed by atoms with Crippen LogP contribution in [0.2, 0.25) is 0 Å². The fourth-order valence-corrected chi connectivity index (χ4v) is 4.38. The summed E-state index contributed by atoms with van der Waals surface area (Å²) in [5.41, 5.74) is 2.81. The Labute approximate surface area is 166 Å². The number of amides is 1. The maximum Gasteiger partial charge on any atom is 0.410 e. The van der Waals surface area contributed by atoms with Gasteiger partial charge in [0.1, 0.15) is 17.3 Å². The summed E-state index contributed by atoms with van der Waals surface area (Å²) in [6.07, 6.45) is -0.275. The molecule has 0 spiro atoms. The second-order valence-corrected chi connectivity index (χ2v) is 8.22. The molecule has 1 unspecified atom stereocenters. The topological polar surface area (TPSA) is 87.3 Å². The van der Waals surface area contributed by atoms with E-state index in [2.05, 4.69) is 15.3 Å². The number of aryl methyl sites for hydroxylation is 2. The van der Waals surface area contributed by atoms with Crippen molar-refractivity contribution >= 4 is 33.3 Å². The SMILES string of the molecule is Cc1sc2nc(C(C)Nc3cccc(CN4CCOC4=O)c3)[nH]c(=O)c2c1C. The molecule has 1 atom stereocenters. The number of fused-ring (bicyclic) bond motifs is 1. The predicted molar refractivity (Wildman–Crippen MR) is 110 cm³/mol. The number of carbonyl (C=O) groups excluding carboxylic acids is 1. The van der Waals surface area contributed by atoms with Gasteiger partial charge in [0.05, 0.1) is 18.0 Å². The molecule has 4 rings (SSSR count). The Morgan fingerprint density at radius 3 is 2.93 bits per heavy atom. The summed E-state index contributed by atoms with van der Waals surface area (Å²) in [5, 5.41) is 4.06. The first kappa shape index (κ1) is 18.5. The number of cyclic esters (lactones) is 1. The number of rotatable bonds is 5. The van der Waals surface area contributed by atoms with Crippen molar-refractivity contribution in [2.24, 2.45) is 0 Å². The van der Waals surface area contributed by atoms with Crippen molar-refractivity contribution in [3.63, 3.8) is 0 Å². The molecule has 1 amide bonds. The number of carbonyl (C=O) groups is 1. The molecule has 8 heteroatoms. The number of anilines is 1. The van der Waals surface area contributed by atoms with Crippen LogP contribution in [0.15, 0.2) is 29.1 Å². The van der Waals surface area contributed by atoms with E-state index in [1.807, 2.05) is 45.0 Å². The summed E-state index contributed by atoms with van der Waals surface area (Å²) in [6.45, 7) is 7.48. The molecule has 0 aliphatic carbocycles. The zero-order valence-corrected chi connectivity index (χ0v) is 16.9. The number of nitrogens with one attached hydrogen (secondary N) is 2. The van der Waals surface area contributed by atoms with E-state index in [1.165, 1.54) is 0 Å². The van der Waals surface area contributed by atoms with Gasteiger partial charge in [-0.1, -0.05) is 12.1 Å². The first-order chi connectivity index (χ1) is 13.4. The highest BCUT2D eigenvalue weighted by molar-refractivity contribution is 7.18. The van der Waals surface area contributed by atoms with Crippen LogP contribution in [0.3, 0.4) is 0 Å². The van der Waals surface area contributed by atoms with Crippen molar-refractivity contribution in [2.75, 3.05) is 18.5 Å². The normalized spacial score (nSPS) is 15.1. The average molecular weight is 398 g/mol. The van der Waals surface area contributed by atoms with Gasteiger partial charge in [-0.2, -0.15) is 0 Å². The minimum Gasteiger partial charge on any atom is -0.448 e. The summed E-state index contributed by atoms with van der Waals surface area (Å²) in [7, 11) is 0. The molecule has 3 heterocycles. The molecule has 7 nitrogen and oxygen atoms in total. The van der Waals surface area contributed by atoms with Gasteiger partial charge >= 0.3 is 6.09 Å². The third-order valence-electron chi connectivity index (χ3n) is 5.00. The Kier molecular flexibility index (Phi) is 4.80. The first-order valence-corrected chi connectivity index (χ1v) is 10.0. The quantitative estimate of drug-likeness (QED) is 0.684. The van der Waals surface area contributed by atoms with Crippen LogP contribution in [0.4, 0.5) is 10.5 Å². The predicted octanol–water partition coefficient (Wildman–Crippen LogP) is 3.73. The lowest BCUT2D eigenvalue weighted by molar-refractivity contribution is 0.157. The lowest BCUT2D eigenvalue weighted by atomic mass is 10.1. The van der Waals surface area contributed by atoms with Crippen LogP contribution in [0.25, 0.3) is 10.2 Å². The van der Waals surface area contributed by atoms with Gasteiger partial charge < -0.3 is 19.9 Å². The Morgan fingerprint density at radius 2 is 2.18 bits per heavy atom. The zero-order valence-electron chi connectivity index (χ0n) is 16.0. The maximum atomic E-state index is 12.5. The average Bonchev–Trinajstić information content (AvgIpc) is 3.18. The molecule has 1 fully saturated rings. The molecule has 0 bridgehead atoms. The molecule has 0 radical (unpaired) electrons. The molecule has 0 saturated carbocycles. The van der Waals surface area contributed by atoms with Gasteiger partial charge in [-0.3, -0.25) is 4.79 Å². The number of hydrogen-bond acceptors (Lipinski definition) is 6. The third-order valence-corrected chi connectivity index (χ3v) is 6.10. The van der Waals surface area contributed by atoms with Crippen LogP contribution in [0.1, 0.15) is 34.8 Å². The van der Waals surface area contributed by atoms with E-state index in [1.54, 1.807) is 16.2 Å². The van der Waals surface area contributed by atoms with Gasteiger partial charge in [0, 0.05) is 17.1 Å². The van der Waals surface area contributed by atoms with Gasteiger partial charge in [-0.25, -0.2) is 9.78 Å². The van der Waals surface area contributed by atoms with E-state index in [-0.39, 0.29) is 17.7 Å². The zero-order chi connectivity index (χ0) is 19.8. The van der Waals surface area contributed by atoms with Gasteiger partial charge in [0.15, 0.2) is 0 Å². The van der Waals surface area contributed by atoms with Crippen LogP contribution in [0, 0.1) is 13.8 Å². The summed E-state index contributed by atoms with van der Waals surface area (Å²) in [4.78, 5) is 35.3. The summed E-state index contributed by atoms with van der Waals surface area (Å²) >= 11 is 1.54. The van der Waals surface area contributed by atoms with E-state index >= 15 is 0 Å². The number of thiophene rings is 1. The van der Waals surface area contributed by atoms with Crippen LogP contribution >= 0.6 is 11.3 Å². The monoisotopic (exact) mass is 398 g/mol. The van der Waals surface area contributed by atoms with E-state index < -0.39 is 0 Å². The van der Waals surface area contributed by atoms with Crippen molar-refractivity contribution in [3.05, 3.63) is 56.4 Å². The number of ether oxygens (including phenoxy) is 1. The number of hydrogen-bond donors (Lipinski definition) is 2. The van der Waals surface area contributed by atoms with Crippen molar-refractivity contribution in [1.29, 1.82) is 0 Å². The van der Waals surface area contributed by atoms with Gasteiger partial charge in [0.2, 0.25) is 0 Å². The van der Waals surface area contributed by atoms with Crippen LogP contribution in [-0.2, 0) is 11.3 Å². The van der Waals surface area contributed by atoms with E-state index in [0.717, 1.165) is 26.5 Å². The first-order valence-electron chi connectivity index (χ1n) is 9.19. The maximum absolute atomic E-state index is 12.5. The van der Waals surface area contributed by atoms with Crippen molar-refractivity contribution in [3.8, 4) is 0 Å². The molecule has 1 saturated heterocycles. The molecule has 28 heavy (non-hydrogen) atoms. The standard InChI is InChI=1S/C20H22N4O3S/c1-11-13(3)28-19-16(11)18(25)22-17(23-19)12(2)21-15-6-4-5-14(9-15)10-24-7-8-27-20(24)26/h4-6,9,12,21H,7-8,10H2,1-3H3,(H,22,23,25). The van der Waals surface area contributed by atoms with Gasteiger partial charge in [-0.05, 0) is 44.0 Å². The Hall–Kier alpha value is -2.87.